The Balaban J connectivity index is 1.43. The summed E-state index contributed by atoms with van der Waals surface area (Å²) in [7, 11) is 1.65. The van der Waals surface area contributed by atoms with Crippen molar-refractivity contribution in [1.82, 2.24) is 20.3 Å². The van der Waals surface area contributed by atoms with Gasteiger partial charge in [0.25, 0.3) is 5.91 Å². The van der Waals surface area contributed by atoms with E-state index in [1.807, 2.05) is 48.7 Å². The fourth-order valence-electron chi connectivity index (χ4n) is 4.49. The van der Waals surface area contributed by atoms with E-state index in [-0.39, 0.29) is 22.5 Å². The fraction of sp³-hybridized carbons (Fsp3) is 0.269. The molecule has 1 unspecified atom stereocenters. The molecule has 0 bridgehead atoms. The largest absolute Gasteiger partial charge is 0.497 e. The summed E-state index contributed by atoms with van der Waals surface area (Å²) in [6.45, 7) is 2.16. The lowest BCUT2D eigenvalue weighted by molar-refractivity contribution is 0.0947. The number of ether oxygens (including phenoxy) is 1. The van der Waals surface area contributed by atoms with Crippen molar-refractivity contribution >= 4 is 34.4 Å². The molecule has 8 heteroatoms. The van der Waals surface area contributed by atoms with E-state index in [1.165, 1.54) is 6.20 Å². The lowest BCUT2D eigenvalue weighted by atomic mass is 9.90. The second-order valence-electron chi connectivity index (χ2n) is 8.39. The zero-order valence-electron chi connectivity index (χ0n) is 18.9. The number of amides is 1. The second-order valence-corrected chi connectivity index (χ2v) is 8.79. The minimum Gasteiger partial charge on any atom is -0.497 e. The van der Waals surface area contributed by atoms with E-state index < -0.39 is 0 Å². The molecule has 1 fully saturated rings. The Morgan fingerprint density at radius 1 is 1.18 bits per heavy atom. The van der Waals surface area contributed by atoms with Gasteiger partial charge < -0.3 is 19.9 Å². The van der Waals surface area contributed by atoms with Crippen LogP contribution in [-0.4, -0.2) is 47.6 Å². The number of aromatic amines is 1. The van der Waals surface area contributed by atoms with Crippen molar-refractivity contribution in [3.63, 3.8) is 0 Å². The van der Waals surface area contributed by atoms with Crippen LogP contribution < -0.4 is 15.0 Å². The van der Waals surface area contributed by atoms with Gasteiger partial charge in [0.15, 0.2) is 5.69 Å². The van der Waals surface area contributed by atoms with Crippen LogP contribution in [0.15, 0.2) is 60.9 Å². The maximum atomic E-state index is 13.2. The molecule has 0 aliphatic carbocycles. The molecule has 1 aliphatic rings. The summed E-state index contributed by atoms with van der Waals surface area (Å²) < 4.78 is 5.32. The number of anilines is 1. The molecule has 1 aliphatic heterocycles. The summed E-state index contributed by atoms with van der Waals surface area (Å²) in [5.74, 6) is 0.943. The molecule has 2 aromatic heterocycles. The first-order chi connectivity index (χ1) is 16.6. The van der Waals surface area contributed by atoms with Crippen molar-refractivity contribution in [2.45, 2.75) is 18.8 Å². The number of fused-ring (bicyclic) bond motifs is 1. The lowest BCUT2D eigenvalue weighted by Gasteiger charge is -2.19. The zero-order chi connectivity index (χ0) is 23.5. The Bertz CT molecular complexity index is 1300. The first kappa shape index (κ1) is 22.2. The molecule has 7 nitrogen and oxygen atoms in total. The Kier molecular flexibility index (Phi) is 6.36. The normalized spacial score (nSPS) is 14.4. The number of H-pyrrole nitrogens is 1. The number of para-hydroxylation sites is 1. The van der Waals surface area contributed by atoms with E-state index in [9.17, 15) is 4.79 Å². The molecule has 1 amide bonds. The van der Waals surface area contributed by atoms with E-state index in [0.29, 0.717) is 12.5 Å². The molecule has 5 rings (SSSR count). The molecule has 2 N–H and O–H groups in total. The number of carbonyl (C=O) groups is 1. The minimum atomic E-state index is -0.314. The van der Waals surface area contributed by atoms with Crippen molar-refractivity contribution in [1.29, 1.82) is 0 Å². The summed E-state index contributed by atoms with van der Waals surface area (Å²) >= 11 is 6.32. The Morgan fingerprint density at radius 3 is 2.71 bits per heavy atom. The van der Waals surface area contributed by atoms with Crippen LogP contribution in [0.4, 0.5) is 5.95 Å². The number of aromatic nitrogens is 3. The van der Waals surface area contributed by atoms with E-state index in [4.69, 9.17) is 16.3 Å². The first-order valence-electron chi connectivity index (χ1n) is 11.4. The van der Waals surface area contributed by atoms with Gasteiger partial charge in [-0.25, -0.2) is 9.97 Å². The number of nitrogens with one attached hydrogen (secondary N) is 2. The second kappa shape index (κ2) is 9.73. The third-order valence-electron chi connectivity index (χ3n) is 6.32. The quantitative estimate of drug-likeness (QED) is 0.402. The number of benzene rings is 2. The van der Waals surface area contributed by atoms with Crippen LogP contribution in [-0.2, 0) is 0 Å². The third-order valence-corrected chi connectivity index (χ3v) is 6.59. The summed E-state index contributed by atoms with van der Waals surface area (Å²) in [5.41, 5.74) is 3.42. The number of carbonyl (C=O) groups excluding carboxylic acids is 1. The lowest BCUT2D eigenvalue weighted by Crippen LogP contribution is -2.30. The highest BCUT2D eigenvalue weighted by molar-refractivity contribution is 6.33. The Morgan fingerprint density at radius 2 is 1.94 bits per heavy atom. The monoisotopic (exact) mass is 475 g/mol. The SMILES string of the molecule is COc1ccc(C(CNC(=O)c2nc(N3CCCC3)ncc2Cl)c2c[nH]c3ccccc23)cc1. The van der Waals surface area contributed by atoms with Gasteiger partial charge in [-0.3, -0.25) is 4.79 Å². The Labute approximate surface area is 203 Å². The Hall–Kier alpha value is -3.58. The fourth-order valence-corrected chi connectivity index (χ4v) is 4.67. The van der Waals surface area contributed by atoms with Crippen LogP contribution in [0.3, 0.4) is 0 Å². The number of hydrogen-bond acceptors (Lipinski definition) is 5. The van der Waals surface area contributed by atoms with Gasteiger partial charge in [-0.1, -0.05) is 41.9 Å². The van der Waals surface area contributed by atoms with Gasteiger partial charge in [0, 0.05) is 42.7 Å². The number of hydrogen-bond donors (Lipinski definition) is 2. The van der Waals surface area contributed by atoms with Gasteiger partial charge in [-0.2, -0.15) is 0 Å². The summed E-state index contributed by atoms with van der Waals surface area (Å²) in [6.07, 6.45) is 5.72. The molecule has 2 aromatic carbocycles. The molecule has 1 saturated heterocycles. The average molecular weight is 476 g/mol. The van der Waals surface area contributed by atoms with Crippen LogP contribution in [0.5, 0.6) is 5.75 Å². The summed E-state index contributed by atoms with van der Waals surface area (Å²) in [4.78, 5) is 27.4. The average Bonchev–Trinajstić information content (AvgIpc) is 3.56. The first-order valence-corrected chi connectivity index (χ1v) is 11.8. The highest BCUT2D eigenvalue weighted by Crippen LogP contribution is 2.31. The molecule has 34 heavy (non-hydrogen) atoms. The van der Waals surface area contributed by atoms with Gasteiger partial charge in [0.1, 0.15) is 5.75 Å². The zero-order valence-corrected chi connectivity index (χ0v) is 19.7. The van der Waals surface area contributed by atoms with Crippen molar-refractivity contribution in [2.75, 3.05) is 31.6 Å². The third kappa shape index (κ3) is 4.43. The van der Waals surface area contributed by atoms with E-state index in [2.05, 4.69) is 31.2 Å². The number of methoxy groups -OCH3 is 1. The molecule has 4 aromatic rings. The highest BCUT2D eigenvalue weighted by atomic mass is 35.5. The van der Waals surface area contributed by atoms with E-state index in [0.717, 1.165) is 53.7 Å². The molecule has 174 valence electrons. The smallest absolute Gasteiger partial charge is 0.271 e. The number of nitrogens with zero attached hydrogens (tertiary/aromatic N) is 3. The predicted octanol–water partition coefficient (Wildman–Crippen LogP) is 4.78. The van der Waals surface area contributed by atoms with E-state index in [1.54, 1.807) is 7.11 Å². The van der Waals surface area contributed by atoms with Crippen molar-refractivity contribution < 1.29 is 9.53 Å². The number of halogens is 1. The van der Waals surface area contributed by atoms with Crippen molar-refractivity contribution in [2.24, 2.45) is 0 Å². The maximum absolute atomic E-state index is 13.2. The molecular formula is C26H26ClN5O2. The molecular weight excluding hydrogens is 450 g/mol. The van der Waals surface area contributed by atoms with Crippen LogP contribution in [0.25, 0.3) is 10.9 Å². The highest BCUT2D eigenvalue weighted by Gasteiger charge is 2.23. The molecule has 0 saturated carbocycles. The summed E-state index contributed by atoms with van der Waals surface area (Å²) in [5, 5.41) is 4.42. The molecule has 1 atom stereocenters. The van der Waals surface area contributed by atoms with Gasteiger partial charge in [0.2, 0.25) is 5.95 Å². The topological polar surface area (TPSA) is 83.1 Å². The van der Waals surface area contributed by atoms with Gasteiger partial charge in [-0.05, 0) is 42.2 Å². The maximum Gasteiger partial charge on any atom is 0.271 e. The van der Waals surface area contributed by atoms with Gasteiger partial charge in [0.05, 0.1) is 18.3 Å². The standard InChI is InChI=1S/C26H26ClN5O2/c1-34-18-10-8-17(9-11-18)20(21-15-28-23-7-3-2-6-19(21)23)14-29-25(33)24-22(27)16-30-26(31-24)32-12-4-5-13-32/h2-3,6-11,15-16,20,28H,4-5,12-14H2,1H3,(H,29,33). The van der Waals surface area contributed by atoms with Crippen LogP contribution in [0.2, 0.25) is 5.02 Å². The molecule has 3 heterocycles. The summed E-state index contributed by atoms with van der Waals surface area (Å²) in [6, 6.07) is 16.1. The molecule has 0 spiro atoms. The van der Waals surface area contributed by atoms with Crippen molar-refractivity contribution in [3.8, 4) is 5.75 Å². The van der Waals surface area contributed by atoms with Gasteiger partial charge >= 0.3 is 0 Å². The van der Waals surface area contributed by atoms with Crippen LogP contribution >= 0.6 is 11.6 Å². The van der Waals surface area contributed by atoms with Gasteiger partial charge in [-0.15, -0.1) is 0 Å². The van der Waals surface area contributed by atoms with E-state index >= 15 is 0 Å². The minimum absolute atomic E-state index is 0.0790. The van der Waals surface area contributed by atoms with Crippen LogP contribution in [0, 0.1) is 0 Å². The van der Waals surface area contributed by atoms with Crippen molar-refractivity contribution in [3.05, 3.63) is 82.8 Å². The number of rotatable bonds is 7. The predicted molar refractivity (Wildman–Crippen MR) is 134 cm³/mol. The molecule has 0 radical (unpaired) electrons. The van der Waals surface area contributed by atoms with Crippen LogP contribution in [0.1, 0.15) is 40.4 Å².